The van der Waals surface area contributed by atoms with Crippen LogP contribution in [0, 0.1) is 0 Å². The highest BCUT2D eigenvalue weighted by Gasteiger charge is 1.84. The molecule has 0 spiro atoms. The standard InChI is InChI=1S/C8H10S.C2H4O2/c1-9-7-8-5-3-2-4-6-8;1-4-2-3/h2-6H,7H2,1H3;2H,1H3. The molecule has 0 saturated heterocycles. The Morgan fingerprint density at radius 1 is 1.38 bits per heavy atom. The number of benzene rings is 1. The van der Waals surface area contributed by atoms with Gasteiger partial charge in [-0.15, -0.1) is 0 Å². The van der Waals surface area contributed by atoms with Gasteiger partial charge in [0.15, 0.2) is 0 Å². The van der Waals surface area contributed by atoms with E-state index in [1.165, 1.54) is 12.7 Å². The Bertz CT molecular complexity index is 211. The minimum Gasteiger partial charge on any atom is -0.471 e. The molecule has 13 heavy (non-hydrogen) atoms. The average Bonchev–Trinajstić information content (AvgIpc) is 2.20. The Kier molecular flexibility index (Phi) is 8.46. The Morgan fingerprint density at radius 2 is 1.92 bits per heavy atom. The van der Waals surface area contributed by atoms with Gasteiger partial charge >= 0.3 is 0 Å². The number of carbonyl (C=O) groups excluding carboxylic acids is 1. The van der Waals surface area contributed by atoms with Crippen molar-refractivity contribution in [1.29, 1.82) is 0 Å². The van der Waals surface area contributed by atoms with Gasteiger partial charge in [-0.05, 0) is 11.8 Å². The number of ether oxygens (including phenoxy) is 1. The highest BCUT2D eigenvalue weighted by molar-refractivity contribution is 7.97. The molecule has 1 aromatic rings. The molecule has 0 N–H and O–H groups in total. The lowest BCUT2D eigenvalue weighted by atomic mass is 10.2. The van der Waals surface area contributed by atoms with E-state index < -0.39 is 0 Å². The third-order valence-electron chi connectivity index (χ3n) is 1.25. The lowest BCUT2D eigenvalue weighted by molar-refractivity contribution is -0.126. The minimum atomic E-state index is 0.375. The molecule has 0 atom stereocenters. The van der Waals surface area contributed by atoms with Gasteiger partial charge in [0.2, 0.25) is 0 Å². The molecule has 0 aliphatic carbocycles. The Hall–Kier alpha value is -0.960. The molecule has 0 amide bonds. The van der Waals surface area contributed by atoms with Crippen molar-refractivity contribution in [3.05, 3.63) is 35.9 Å². The first-order valence-electron chi connectivity index (χ1n) is 3.84. The summed E-state index contributed by atoms with van der Waals surface area (Å²) < 4.78 is 3.86. The summed E-state index contributed by atoms with van der Waals surface area (Å²) in [5, 5.41) is 0. The van der Waals surface area contributed by atoms with Gasteiger partial charge in [-0.25, -0.2) is 0 Å². The van der Waals surface area contributed by atoms with Crippen molar-refractivity contribution in [3.8, 4) is 0 Å². The molecule has 0 unspecified atom stereocenters. The maximum Gasteiger partial charge on any atom is 0.292 e. The molecule has 3 heteroatoms. The van der Waals surface area contributed by atoms with Gasteiger partial charge in [-0.2, -0.15) is 11.8 Å². The number of hydrogen-bond donors (Lipinski definition) is 0. The molecule has 0 radical (unpaired) electrons. The van der Waals surface area contributed by atoms with Crippen molar-refractivity contribution in [3.63, 3.8) is 0 Å². The topological polar surface area (TPSA) is 26.3 Å². The second-order valence-electron chi connectivity index (χ2n) is 2.25. The molecule has 0 saturated carbocycles. The molecule has 1 aromatic carbocycles. The third-order valence-corrected chi connectivity index (χ3v) is 1.87. The predicted molar refractivity (Wildman–Crippen MR) is 56.7 cm³/mol. The van der Waals surface area contributed by atoms with Gasteiger partial charge in [0.1, 0.15) is 0 Å². The van der Waals surface area contributed by atoms with E-state index in [-0.39, 0.29) is 0 Å². The second kappa shape index (κ2) is 9.13. The van der Waals surface area contributed by atoms with Crippen LogP contribution in [0.5, 0.6) is 0 Å². The molecular weight excluding hydrogens is 184 g/mol. The fourth-order valence-electron chi connectivity index (χ4n) is 0.741. The van der Waals surface area contributed by atoms with Crippen LogP contribution in [0.2, 0.25) is 0 Å². The molecule has 1 rings (SSSR count). The maximum absolute atomic E-state index is 8.95. The van der Waals surface area contributed by atoms with Crippen molar-refractivity contribution in [2.24, 2.45) is 0 Å². The van der Waals surface area contributed by atoms with Crippen LogP contribution in [0.25, 0.3) is 0 Å². The SMILES string of the molecule is COC=O.CSCc1ccccc1. The highest BCUT2D eigenvalue weighted by atomic mass is 32.2. The molecule has 0 aliphatic heterocycles. The fourth-order valence-corrected chi connectivity index (χ4v) is 1.27. The van der Waals surface area contributed by atoms with Crippen LogP contribution >= 0.6 is 11.8 Å². The zero-order chi connectivity index (χ0) is 9.94. The van der Waals surface area contributed by atoms with Crippen LogP contribution < -0.4 is 0 Å². The molecule has 72 valence electrons. The van der Waals surface area contributed by atoms with Crippen molar-refractivity contribution < 1.29 is 9.53 Å². The van der Waals surface area contributed by atoms with Crippen molar-refractivity contribution >= 4 is 18.2 Å². The summed E-state index contributed by atoms with van der Waals surface area (Å²) in [6, 6.07) is 10.5. The summed E-state index contributed by atoms with van der Waals surface area (Å²) in [5.74, 6) is 1.13. The number of carbonyl (C=O) groups is 1. The number of hydrogen-bond acceptors (Lipinski definition) is 3. The van der Waals surface area contributed by atoms with Gasteiger partial charge in [-0.3, -0.25) is 4.79 Å². The summed E-state index contributed by atoms with van der Waals surface area (Å²) in [6.07, 6.45) is 2.12. The summed E-state index contributed by atoms with van der Waals surface area (Å²) in [7, 11) is 1.31. The first kappa shape index (κ1) is 12.0. The summed E-state index contributed by atoms with van der Waals surface area (Å²) in [5.41, 5.74) is 1.41. The first-order chi connectivity index (χ1) is 6.35. The van der Waals surface area contributed by atoms with E-state index in [9.17, 15) is 0 Å². The van der Waals surface area contributed by atoms with E-state index in [4.69, 9.17) is 4.79 Å². The third kappa shape index (κ3) is 7.40. The van der Waals surface area contributed by atoms with E-state index in [1.54, 1.807) is 0 Å². The van der Waals surface area contributed by atoms with Gasteiger partial charge < -0.3 is 4.74 Å². The fraction of sp³-hybridized carbons (Fsp3) is 0.300. The molecule has 0 bridgehead atoms. The van der Waals surface area contributed by atoms with E-state index in [1.807, 2.05) is 17.8 Å². The normalized spacial score (nSPS) is 8.15. The summed E-state index contributed by atoms with van der Waals surface area (Å²) in [4.78, 5) is 8.95. The van der Waals surface area contributed by atoms with Crippen LogP contribution in [-0.4, -0.2) is 19.8 Å². The molecule has 2 nitrogen and oxygen atoms in total. The monoisotopic (exact) mass is 198 g/mol. The number of methoxy groups -OCH3 is 1. The van der Waals surface area contributed by atoms with Crippen molar-refractivity contribution in [2.45, 2.75) is 5.75 Å². The highest BCUT2D eigenvalue weighted by Crippen LogP contribution is 2.06. The van der Waals surface area contributed by atoms with E-state index in [0.29, 0.717) is 6.47 Å². The van der Waals surface area contributed by atoms with Crippen molar-refractivity contribution in [1.82, 2.24) is 0 Å². The minimum absolute atomic E-state index is 0.375. The maximum atomic E-state index is 8.95. The summed E-state index contributed by atoms with van der Waals surface area (Å²) >= 11 is 1.85. The Morgan fingerprint density at radius 3 is 2.31 bits per heavy atom. The summed E-state index contributed by atoms with van der Waals surface area (Å²) in [6.45, 7) is 0.375. The molecule has 0 fully saturated rings. The largest absolute Gasteiger partial charge is 0.471 e. The zero-order valence-electron chi connectivity index (χ0n) is 7.90. The van der Waals surface area contributed by atoms with Gasteiger partial charge in [0.05, 0.1) is 7.11 Å². The predicted octanol–water partition coefficient (Wildman–Crippen LogP) is 2.34. The van der Waals surface area contributed by atoms with Crippen LogP contribution in [-0.2, 0) is 15.3 Å². The van der Waals surface area contributed by atoms with Gasteiger partial charge in [0.25, 0.3) is 6.47 Å². The van der Waals surface area contributed by atoms with E-state index in [2.05, 4.69) is 35.3 Å². The molecule has 0 aromatic heterocycles. The number of rotatable bonds is 3. The van der Waals surface area contributed by atoms with Crippen LogP contribution in [0.1, 0.15) is 5.56 Å². The van der Waals surface area contributed by atoms with E-state index in [0.717, 1.165) is 5.75 Å². The van der Waals surface area contributed by atoms with Gasteiger partial charge in [-0.1, -0.05) is 30.3 Å². The Labute approximate surface area is 83.3 Å². The molecule has 0 heterocycles. The Balaban J connectivity index is 0.000000310. The number of thioether (sulfide) groups is 1. The first-order valence-corrected chi connectivity index (χ1v) is 5.23. The van der Waals surface area contributed by atoms with Crippen LogP contribution in [0.3, 0.4) is 0 Å². The van der Waals surface area contributed by atoms with Crippen LogP contribution in [0.4, 0.5) is 0 Å². The van der Waals surface area contributed by atoms with Gasteiger partial charge in [0, 0.05) is 5.75 Å². The average molecular weight is 198 g/mol. The second-order valence-corrected chi connectivity index (χ2v) is 3.12. The van der Waals surface area contributed by atoms with Crippen molar-refractivity contribution in [2.75, 3.05) is 13.4 Å². The quantitative estimate of drug-likeness (QED) is 0.697. The molecular formula is C10H14O2S. The smallest absolute Gasteiger partial charge is 0.292 e. The van der Waals surface area contributed by atoms with Crippen LogP contribution in [0.15, 0.2) is 30.3 Å². The lowest BCUT2D eigenvalue weighted by Gasteiger charge is -1.93. The lowest BCUT2D eigenvalue weighted by Crippen LogP contribution is -1.74. The molecule has 0 aliphatic rings. The van der Waals surface area contributed by atoms with E-state index >= 15 is 0 Å². The zero-order valence-corrected chi connectivity index (χ0v) is 8.71.